The van der Waals surface area contributed by atoms with E-state index in [1.165, 1.54) is 44.9 Å². The highest BCUT2D eigenvalue weighted by Gasteiger charge is 2.26. The van der Waals surface area contributed by atoms with Crippen LogP contribution in [0.2, 0.25) is 0 Å². The normalized spacial score (nSPS) is 14.5. The molecule has 59 heavy (non-hydrogen) atoms. The lowest BCUT2D eigenvalue weighted by molar-refractivity contribution is -0.870. The van der Waals surface area contributed by atoms with Gasteiger partial charge in [0.05, 0.1) is 34.4 Å². The van der Waals surface area contributed by atoms with E-state index in [9.17, 15) is 14.3 Å². The zero-order valence-electron chi connectivity index (χ0n) is 38.5. The molecule has 0 aliphatic carbocycles. The van der Waals surface area contributed by atoms with Crippen molar-refractivity contribution in [2.75, 3.05) is 54.1 Å². The van der Waals surface area contributed by atoms with E-state index in [2.05, 4.69) is 98.9 Å². The minimum atomic E-state index is -4.29. The van der Waals surface area contributed by atoms with Crippen LogP contribution >= 0.6 is 7.82 Å². The zero-order valence-corrected chi connectivity index (χ0v) is 39.4. The first kappa shape index (κ1) is 56.7. The first-order valence-corrected chi connectivity index (χ1v) is 24.8. The predicted molar refractivity (Wildman–Crippen MR) is 251 cm³/mol. The Morgan fingerprint density at radius 3 is 1.47 bits per heavy atom. The Kier molecular flexibility index (Phi) is 40.7. The third-order valence-corrected chi connectivity index (χ3v) is 10.4. The molecule has 340 valence electrons. The molecule has 2 unspecified atom stereocenters. The first-order valence-electron chi connectivity index (χ1n) is 23.3. The zero-order chi connectivity index (χ0) is 43.4. The van der Waals surface area contributed by atoms with E-state index in [0.29, 0.717) is 24.1 Å². The molecule has 0 aliphatic heterocycles. The van der Waals surface area contributed by atoms with Gasteiger partial charge in [0.1, 0.15) is 19.3 Å². The molecule has 1 N–H and O–H groups in total. The molecule has 0 spiro atoms. The highest BCUT2D eigenvalue weighted by atomic mass is 31.2. The van der Waals surface area contributed by atoms with Gasteiger partial charge in [-0.25, -0.2) is 4.57 Å². The van der Waals surface area contributed by atoms with Crippen molar-refractivity contribution in [3.63, 3.8) is 0 Å². The summed E-state index contributed by atoms with van der Waals surface area (Å²) < 4.78 is 35.0. The van der Waals surface area contributed by atoms with Crippen molar-refractivity contribution < 1.29 is 37.3 Å². The molecule has 0 rings (SSSR count). The smallest absolute Gasteiger partial charge is 0.457 e. The van der Waals surface area contributed by atoms with Gasteiger partial charge in [0.25, 0.3) is 0 Å². The van der Waals surface area contributed by atoms with Gasteiger partial charge < -0.3 is 18.9 Å². The fraction of sp³-hybridized carbons (Fsp3) is 0.700. The summed E-state index contributed by atoms with van der Waals surface area (Å²) >= 11 is 0. The van der Waals surface area contributed by atoms with E-state index in [0.717, 1.165) is 103 Å². The number of quaternary nitrogens is 1. The fourth-order valence-electron chi connectivity index (χ4n) is 5.84. The topological polar surface area (TPSA) is 91.3 Å². The van der Waals surface area contributed by atoms with Crippen molar-refractivity contribution in [2.45, 2.75) is 174 Å². The van der Waals surface area contributed by atoms with Gasteiger partial charge in [-0.3, -0.25) is 13.8 Å². The van der Waals surface area contributed by atoms with Gasteiger partial charge in [-0.1, -0.05) is 157 Å². The average molecular weight is 847 g/mol. The van der Waals surface area contributed by atoms with Crippen LogP contribution in [0, 0.1) is 0 Å². The number of carbonyl (C=O) groups is 1. The summed E-state index contributed by atoms with van der Waals surface area (Å²) in [6.07, 6.45) is 56.2. The van der Waals surface area contributed by atoms with Gasteiger partial charge in [-0.15, -0.1) is 0 Å². The average Bonchev–Trinajstić information content (AvgIpc) is 3.19. The Hall–Kier alpha value is -2.32. The lowest BCUT2D eigenvalue weighted by Crippen LogP contribution is -2.37. The molecule has 0 bridgehead atoms. The number of allylic oxidation sites excluding steroid dienone is 14. The third kappa shape index (κ3) is 46.6. The molecule has 0 aliphatic rings. The number of hydrogen-bond acceptors (Lipinski definition) is 6. The second kappa shape index (κ2) is 42.4. The van der Waals surface area contributed by atoms with E-state index >= 15 is 0 Å². The molecule has 0 aromatic heterocycles. The molecule has 0 aromatic rings. The minimum Gasteiger partial charge on any atom is -0.457 e. The number of unbranched alkanes of at least 4 members (excludes halogenated alkanes) is 14. The highest BCUT2D eigenvalue weighted by molar-refractivity contribution is 7.47. The van der Waals surface area contributed by atoms with E-state index in [1.807, 2.05) is 21.1 Å². The molecular weight excluding hydrogens is 758 g/mol. The molecule has 0 aromatic carbocycles. The lowest BCUT2D eigenvalue weighted by atomic mass is 10.1. The number of rotatable bonds is 42. The van der Waals surface area contributed by atoms with E-state index in [4.69, 9.17) is 18.5 Å². The molecule has 0 heterocycles. The van der Waals surface area contributed by atoms with Crippen LogP contribution in [0.4, 0.5) is 0 Å². The molecule has 2 atom stereocenters. The number of ether oxygens (including phenoxy) is 2. The largest absolute Gasteiger partial charge is 0.472 e. The summed E-state index contributed by atoms with van der Waals surface area (Å²) in [5.41, 5.74) is 0. The summed E-state index contributed by atoms with van der Waals surface area (Å²) in [5, 5.41) is 0. The number of phosphoric ester groups is 1. The molecule has 0 saturated heterocycles. The van der Waals surface area contributed by atoms with Crippen LogP contribution in [0.3, 0.4) is 0 Å². The number of likely N-dealkylation sites (N-methyl/N-ethyl adjacent to an activating group) is 1. The van der Waals surface area contributed by atoms with Gasteiger partial charge in [0, 0.05) is 13.0 Å². The SMILES string of the molecule is CC/C=C\C/C=C\C/C=C\C/C=C\C/C=C\CCCCCCCCOCC(COP(=O)(O)OCC[N+](C)(C)C)OC(=O)CCCCCCC/C=C\C/C=C\CCCCC. The van der Waals surface area contributed by atoms with Gasteiger partial charge in [-0.05, 0) is 89.9 Å². The first-order chi connectivity index (χ1) is 28.6. The number of nitrogens with zero attached hydrogens (tertiary/aromatic N) is 1. The second-order valence-electron chi connectivity index (χ2n) is 16.4. The van der Waals surface area contributed by atoms with Gasteiger partial charge in [0.2, 0.25) is 0 Å². The van der Waals surface area contributed by atoms with Gasteiger partial charge >= 0.3 is 13.8 Å². The molecule has 0 fully saturated rings. The highest BCUT2D eigenvalue weighted by Crippen LogP contribution is 2.43. The van der Waals surface area contributed by atoms with Gasteiger partial charge in [0.15, 0.2) is 0 Å². The molecule has 9 heteroatoms. The van der Waals surface area contributed by atoms with Gasteiger partial charge in [-0.2, -0.15) is 0 Å². The maximum absolute atomic E-state index is 12.7. The Balaban J connectivity index is 4.26. The van der Waals surface area contributed by atoms with Crippen LogP contribution in [-0.2, 0) is 27.9 Å². The Morgan fingerprint density at radius 2 is 0.983 bits per heavy atom. The van der Waals surface area contributed by atoms with Crippen molar-refractivity contribution in [2.24, 2.45) is 0 Å². The van der Waals surface area contributed by atoms with Crippen molar-refractivity contribution >= 4 is 13.8 Å². The van der Waals surface area contributed by atoms with Crippen molar-refractivity contribution in [3.05, 3.63) is 85.1 Å². The molecule has 0 radical (unpaired) electrons. The molecular formula is C50H89NO7P+. The van der Waals surface area contributed by atoms with Crippen LogP contribution in [-0.4, -0.2) is 75.6 Å². The van der Waals surface area contributed by atoms with E-state index < -0.39 is 13.9 Å². The summed E-state index contributed by atoms with van der Waals surface area (Å²) in [5.74, 6) is -0.337. The Labute approximate surface area is 363 Å². The maximum atomic E-state index is 12.7. The molecule has 0 saturated carbocycles. The quantitative estimate of drug-likeness (QED) is 0.0215. The predicted octanol–water partition coefficient (Wildman–Crippen LogP) is 14.1. The molecule has 8 nitrogen and oxygen atoms in total. The fourth-order valence-corrected chi connectivity index (χ4v) is 6.58. The summed E-state index contributed by atoms with van der Waals surface area (Å²) in [4.78, 5) is 22.9. The third-order valence-electron chi connectivity index (χ3n) is 9.44. The van der Waals surface area contributed by atoms with Crippen LogP contribution in [0.25, 0.3) is 0 Å². The maximum Gasteiger partial charge on any atom is 0.472 e. The van der Waals surface area contributed by atoms with Crippen molar-refractivity contribution in [3.8, 4) is 0 Å². The Morgan fingerprint density at radius 1 is 0.542 bits per heavy atom. The van der Waals surface area contributed by atoms with Crippen molar-refractivity contribution in [1.29, 1.82) is 0 Å². The van der Waals surface area contributed by atoms with E-state index in [1.54, 1.807) is 0 Å². The van der Waals surface area contributed by atoms with Crippen LogP contribution in [0.1, 0.15) is 168 Å². The lowest BCUT2D eigenvalue weighted by Gasteiger charge is -2.24. The van der Waals surface area contributed by atoms with E-state index in [-0.39, 0.29) is 25.8 Å². The van der Waals surface area contributed by atoms with Crippen molar-refractivity contribution in [1.82, 2.24) is 0 Å². The molecule has 0 amide bonds. The second-order valence-corrected chi connectivity index (χ2v) is 17.9. The standard InChI is InChI=1S/C50H88NO7P/c1-6-8-10-12-14-16-18-20-22-23-24-25-26-27-28-30-32-34-36-38-40-42-45-55-47-49(48-57-59(53,54)56-46-44-51(3,4)5)58-50(52)43-41-39-37-35-33-31-29-21-19-17-15-13-11-9-7-2/h8,10,14-17,20-22,24-25,27-29,49H,6-7,9,11-13,18-19,23,26,30-48H2,1-5H3/p+1/b10-8-,16-14-,17-15-,22-20-,25-24-,28-27-,29-21-. The number of esters is 1. The monoisotopic (exact) mass is 847 g/mol. The number of phosphoric acid groups is 1. The Bertz CT molecular complexity index is 1210. The number of hydrogen-bond donors (Lipinski definition) is 1. The summed E-state index contributed by atoms with van der Waals surface area (Å²) in [6.45, 7) is 5.41. The van der Waals surface area contributed by atoms with Crippen LogP contribution in [0.5, 0.6) is 0 Å². The minimum absolute atomic E-state index is 0.0778. The number of carbonyl (C=O) groups excluding carboxylic acids is 1. The summed E-state index contributed by atoms with van der Waals surface area (Å²) in [6, 6.07) is 0. The summed E-state index contributed by atoms with van der Waals surface area (Å²) in [7, 11) is 1.63. The van der Waals surface area contributed by atoms with Crippen LogP contribution in [0.15, 0.2) is 85.1 Å². The van der Waals surface area contributed by atoms with Crippen LogP contribution < -0.4 is 0 Å².